The molecule has 1 fully saturated rings. The fraction of sp³-hybridized carbons (Fsp3) is 0.353. The molecule has 1 aromatic carbocycles. The van der Waals surface area contributed by atoms with Crippen molar-refractivity contribution in [2.24, 2.45) is 0 Å². The van der Waals surface area contributed by atoms with Crippen LogP contribution in [0.15, 0.2) is 42.6 Å². The Labute approximate surface area is 140 Å². The van der Waals surface area contributed by atoms with E-state index in [2.05, 4.69) is 10.2 Å². The Bertz CT molecular complexity index is 666. The topological polar surface area (TPSA) is 55.3 Å². The van der Waals surface area contributed by atoms with Crippen LogP contribution >= 0.6 is 11.6 Å². The summed E-state index contributed by atoms with van der Waals surface area (Å²) in [7, 11) is 0. The SMILES string of the molecule is O=C(Cc1ccccc1Cl)N1CCCC(Oc2cccnn2)C1. The number of likely N-dealkylation sites (tertiary alicyclic amines) is 1. The lowest BCUT2D eigenvalue weighted by Crippen LogP contribution is -2.45. The molecule has 0 N–H and O–H groups in total. The Morgan fingerprint density at radius 3 is 2.96 bits per heavy atom. The van der Waals surface area contributed by atoms with Gasteiger partial charge in [0.15, 0.2) is 0 Å². The Morgan fingerprint density at radius 1 is 1.30 bits per heavy atom. The van der Waals surface area contributed by atoms with Crippen LogP contribution in [-0.2, 0) is 11.2 Å². The van der Waals surface area contributed by atoms with E-state index in [9.17, 15) is 4.79 Å². The number of carbonyl (C=O) groups excluding carboxylic acids is 1. The van der Waals surface area contributed by atoms with E-state index in [1.54, 1.807) is 24.4 Å². The Morgan fingerprint density at radius 2 is 2.17 bits per heavy atom. The van der Waals surface area contributed by atoms with Crippen molar-refractivity contribution in [2.75, 3.05) is 13.1 Å². The number of hydrogen-bond donors (Lipinski definition) is 0. The molecule has 0 radical (unpaired) electrons. The zero-order valence-electron chi connectivity index (χ0n) is 12.7. The molecule has 0 bridgehead atoms. The largest absolute Gasteiger partial charge is 0.471 e. The van der Waals surface area contributed by atoms with Crippen LogP contribution in [0.2, 0.25) is 5.02 Å². The first-order valence-electron chi connectivity index (χ1n) is 7.68. The third-order valence-corrected chi connectivity index (χ3v) is 4.23. The minimum absolute atomic E-state index is 0.0457. The lowest BCUT2D eigenvalue weighted by Gasteiger charge is -2.32. The van der Waals surface area contributed by atoms with Gasteiger partial charge in [-0.15, -0.1) is 5.10 Å². The van der Waals surface area contributed by atoms with Crippen LogP contribution in [0, 0.1) is 0 Å². The van der Waals surface area contributed by atoms with Crippen molar-refractivity contribution in [1.82, 2.24) is 15.1 Å². The van der Waals surface area contributed by atoms with Crippen molar-refractivity contribution in [2.45, 2.75) is 25.4 Å². The predicted molar refractivity (Wildman–Crippen MR) is 87.4 cm³/mol. The van der Waals surface area contributed by atoms with Crippen molar-refractivity contribution in [1.29, 1.82) is 0 Å². The summed E-state index contributed by atoms with van der Waals surface area (Å²) in [4.78, 5) is 14.3. The molecule has 5 nitrogen and oxygen atoms in total. The number of piperidine rings is 1. The summed E-state index contributed by atoms with van der Waals surface area (Å²) in [5, 5.41) is 8.36. The molecule has 1 aromatic heterocycles. The predicted octanol–water partition coefficient (Wildman–Crippen LogP) is 2.74. The molecule has 120 valence electrons. The maximum absolute atomic E-state index is 12.5. The minimum atomic E-state index is -0.0457. The van der Waals surface area contributed by atoms with Crippen molar-refractivity contribution in [3.63, 3.8) is 0 Å². The molecule has 0 saturated carbocycles. The Balaban J connectivity index is 1.59. The first kappa shape index (κ1) is 15.7. The van der Waals surface area contributed by atoms with Crippen LogP contribution in [0.5, 0.6) is 5.88 Å². The van der Waals surface area contributed by atoms with Gasteiger partial charge in [0.1, 0.15) is 6.10 Å². The standard InChI is InChI=1S/C17H18ClN3O2/c18-15-7-2-1-5-13(15)11-17(22)21-10-4-6-14(12-21)23-16-8-3-9-19-20-16/h1-3,5,7-9,14H,4,6,10-12H2. The van der Waals surface area contributed by atoms with E-state index in [1.165, 1.54) is 0 Å². The van der Waals surface area contributed by atoms with E-state index in [1.807, 2.05) is 23.1 Å². The van der Waals surface area contributed by atoms with Gasteiger partial charge in [-0.2, -0.15) is 5.10 Å². The van der Waals surface area contributed by atoms with Gasteiger partial charge in [-0.05, 0) is 30.5 Å². The molecule has 2 heterocycles. The van der Waals surface area contributed by atoms with Crippen LogP contribution in [0.1, 0.15) is 18.4 Å². The maximum atomic E-state index is 12.5. The average molecular weight is 332 g/mol. The van der Waals surface area contributed by atoms with E-state index in [4.69, 9.17) is 16.3 Å². The molecule has 0 aliphatic carbocycles. The number of rotatable bonds is 4. The molecule has 1 aliphatic heterocycles. The second-order valence-electron chi connectivity index (χ2n) is 5.55. The smallest absolute Gasteiger partial charge is 0.233 e. The lowest BCUT2D eigenvalue weighted by molar-refractivity contribution is -0.133. The molecular weight excluding hydrogens is 314 g/mol. The number of aromatic nitrogens is 2. The van der Waals surface area contributed by atoms with Gasteiger partial charge in [0.25, 0.3) is 0 Å². The Hall–Kier alpha value is -2.14. The molecule has 23 heavy (non-hydrogen) atoms. The molecular formula is C17H18ClN3O2. The molecule has 1 unspecified atom stereocenters. The number of nitrogens with zero attached hydrogens (tertiary/aromatic N) is 3. The van der Waals surface area contributed by atoms with Gasteiger partial charge in [0.05, 0.1) is 13.0 Å². The fourth-order valence-electron chi connectivity index (χ4n) is 2.70. The van der Waals surface area contributed by atoms with E-state index in [-0.39, 0.29) is 12.0 Å². The molecule has 1 atom stereocenters. The zero-order chi connectivity index (χ0) is 16.1. The van der Waals surface area contributed by atoms with Crippen LogP contribution < -0.4 is 4.74 Å². The summed E-state index contributed by atoms with van der Waals surface area (Å²) < 4.78 is 5.82. The van der Waals surface area contributed by atoms with Crippen molar-refractivity contribution < 1.29 is 9.53 Å². The highest BCUT2D eigenvalue weighted by Crippen LogP contribution is 2.19. The van der Waals surface area contributed by atoms with Gasteiger partial charge in [-0.3, -0.25) is 4.79 Å². The van der Waals surface area contributed by atoms with Crippen LogP contribution in [0.3, 0.4) is 0 Å². The number of amides is 1. The number of ether oxygens (including phenoxy) is 1. The number of carbonyl (C=O) groups is 1. The summed E-state index contributed by atoms with van der Waals surface area (Å²) in [6.45, 7) is 1.32. The molecule has 1 saturated heterocycles. The van der Waals surface area contributed by atoms with Crippen LogP contribution in [-0.4, -0.2) is 40.2 Å². The highest BCUT2D eigenvalue weighted by Gasteiger charge is 2.25. The van der Waals surface area contributed by atoms with Gasteiger partial charge >= 0.3 is 0 Å². The normalized spacial score (nSPS) is 17.8. The molecule has 1 aliphatic rings. The van der Waals surface area contributed by atoms with Gasteiger partial charge in [0.2, 0.25) is 11.8 Å². The van der Waals surface area contributed by atoms with Crippen LogP contribution in [0.25, 0.3) is 0 Å². The summed E-state index contributed by atoms with van der Waals surface area (Å²) in [6.07, 6.45) is 3.70. The third-order valence-electron chi connectivity index (χ3n) is 3.87. The first-order chi connectivity index (χ1) is 11.2. The van der Waals surface area contributed by atoms with E-state index < -0.39 is 0 Å². The zero-order valence-corrected chi connectivity index (χ0v) is 13.4. The molecule has 6 heteroatoms. The van der Waals surface area contributed by atoms with E-state index in [0.717, 1.165) is 24.9 Å². The fourth-order valence-corrected chi connectivity index (χ4v) is 2.90. The summed E-state index contributed by atoms with van der Waals surface area (Å²) in [5.74, 6) is 0.573. The summed E-state index contributed by atoms with van der Waals surface area (Å²) in [6, 6.07) is 11.0. The molecule has 2 aromatic rings. The van der Waals surface area contributed by atoms with E-state index >= 15 is 0 Å². The lowest BCUT2D eigenvalue weighted by atomic mass is 10.1. The second-order valence-corrected chi connectivity index (χ2v) is 5.96. The summed E-state index contributed by atoms with van der Waals surface area (Å²) in [5.41, 5.74) is 0.858. The highest BCUT2D eigenvalue weighted by molar-refractivity contribution is 6.31. The average Bonchev–Trinajstić information content (AvgIpc) is 2.58. The molecule has 3 rings (SSSR count). The van der Waals surface area contributed by atoms with Crippen molar-refractivity contribution >= 4 is 17.5 Å². The van der Waals surface area contributed by atoms with Gasteiger partial charge < -0.3 is 9.64 Å². The molecule has 1 amide bonds. The van der Waals surface area contributed by atoms with Crippen molar-refractivity contribution in [3.8, 4) is 5.88 Å². The van der Waals surface area contributed by atoms with E-state index in [0.29, 0.717) is 23.9 Å². The van der Waals surface area contributed by atoms with Gasteiger partial charge in [-0.1, -0.05) is 29.8 Å². The first-order valence-corrected chi connectivity index (χ1v) is 8.06. The van der Waals surface area contributed by atoms with Gasteiger partial charge in [0, 0.05) is 23.8 Å². The maximum Gasteiger partial charge on any atom is 0.233 e. The number of benzene rings is 1. The summed E-state index contributed by atoms with van der Waals surface area (Å²) >= 11 is 6.13. The number of halogens is 1. The molecule has 0 spiro atoms. The van der Waals surface area contributed by atoms with Crippen LogP contribution in [0.4, 0.5) is 0 Å². The monoisotopic (exact) mass is 331 g/mol. The number of hydrogen-bond acceptors (Lipinski definition) is 4. The van der Waals surface area contributed by atoms with Gasteiger partial charge in [-0.25, -0.2) is 0 Å². The second kappa shape index (κ2) is 7.42. The highest BCUT2D eigenvalue weighted by atomic mass is 35.5. The third kappa shape index (κ3) is 4.20. The van der Waals surface area contributed by atoms with Crippen molar-refractivity contribution in [3.05, 3.63) is 53.2 Å². The Kier molecular flexibility index (Phi) is 5.08. The quantitative estimate of drug-likeness (QED) is 0.864. The minimum Gasteiger partial charge on any atom is -0.471 e.